The lowest BCUT2D eigenvalue weighted by Crippen LogP contribution is -2.60. The third-order valence-corrected chi connectivity index (χ3v) is 7.53. The molecule has 1 saturated heterocycles. The molecule has 0 spiro atoms. The molecule has 0 saturated carbocycles. The van der Waals surface area contributed by atoms with E-state index in [2.05, 4.69) is 0 Å². The van der Waals surface area contributed by atoms with E-state index in [0.717, 1.165) is 17.4 Å². The van der Waals surface area contributed by atoms with E-state index in [1.165, 1.54) is 12.1 Å². The third-order valence-electron chi connectivity index (χ3n) is 7.53. The van der Waals surface area contributed by atoms with Crippen LogP contribution in [0, 0.1) is 5.92 Å². The van der Waals surface area contributed by atoms with Gasteiger partial charge >= 0.3 is 11.9 Å². The van der Waals surface area contributed by atoms with Crippen LogP contribution in [0.15, 0.2) is 72.0 Å². The molecule has 0 aromatic heterocycles. The Labute approximate surface area is 259 Å². The molecular weight excluding hydrogens is 592 g/mol. The van der Waals surface area contributed by atoms with Crippen LogP contribution >= 0.6 is 0 Å². The second kappa shape index (κ2) is 16.0. The molecule has 2 aliphatic heterocycles. The van der Waals surface area contributed by atoms with Crippen molar-refractivity contribution in [3.8, 4) is 11.5 Å². The van der Waals surface area contributed by atoms with Gasteiger partial charge in [-0.3, -0.25) is 4.79 Å². The average molecular weight is 631 g/mol. The Bertz CT molecular complexity index is 1340. The van der Waals surface area contributed by atoms with Crippen molar-refractivity contribution in [2.75, 3.05) is 19.8 Å². The Kier molecular flexibility index (Phi) is 12.1. The van der Waals surface area contributed by atoms with Crippen LogP contribution in [-0.2, 0) is 41.4 Å². The van der Waals surface area contributed by atoms with Crippen LogP contribution in [0.25, 0.3) is 0 Å². The zero-order valence-electron chi connectivity index (χ0n) is 24.6. The fourth-order valence-corrected chi connectivity index (χ4v) is 5.01. The van der Waals surface area contributed by atoms with Crippen molar-refractivity contribution < 1.29 is 63.9 Å². The fourth-order valence-electron chi connectivity index (χ4n) is 5.01. The maximum Gasteiger partial charge on any atom is 0.337 e. The monoisotopic (exact) mass is 630 g/mol. The first-order valence-corrected chi connectivity index (χ1v) is 14.5. The highest BCUT2D eigenvalue weighted by molar-refractivity contribution is 5.91. The average Bonchev–Trinajstić information content (AvgIpc) is 3.03. The number of aliphatic hydroxyl groups excluding tert-OH is 5. The number of carbonyl (C=O) groups excluding carboxylic acids is 2. The number of benzene rings is 2. The molecule has 2 aromatic rings. The molecule has 2 heterocycles. The summed E-state index contributed by atoms with van der Waals surface area (Å²) >= 11 is 0. The van der Waals surface area contributed by atoms with Crippen LogP contribution in [0.3, 0.4) is 0 Å². The number of aliphatic hydroxyl groups is 5. The van der Waals surface area contributed by atoms with Gasteiger partial charge in [-0.15, -0.1) is 0 Å². The lowest BCUT2D eigenvalue weighted by atomic mass is 9.86. The van der Waals surface area contributed by atoms with E-state index in [4.69, 9.17) is 28.8 Å². The van der Waals surface area contributed by atoms with Gasteiger partial charge in [0.25, 0.3) is 0 Å². The molecule has 244 valence electrons. The zero-order chi connectivity index (χ0) is 32.5. The van der Waals surface area contributed by atoms with Crippen molar-refractivity contribution in [2.45, 2.75) is 63.2 Å². The van der Waals surface area contributed by atoms with Gasteiger partial charge in [0.1, 0.15) is 35.9 Å². The number of phenolic OH excluding ortho intramolecular Hbond substituents is 1. The van der Waals surface area contributed by atoms with Crippen LogP contribution < -0.4 is 4.74 Å². The summed E-state index contributed by atoms with van der Waals surface area (Å²) in [6.07, 6.45) is -5.96. The molecule has 2 aliphatic rings. The van der Waals surface area contributed by atoms with Gasteiger partial charge in [0.05, 0.1) is 31.5 Å². The van der Waals surface area contributed by atoms with Gasteiger partial charge in [-0.2, -0.15) is 0 Å². The van der Waals surface area contributed by atoms with Gasteiger partial charge in [0, 0.05) is 24.5 Å². The van der Waals surface area contributed by atoms with Crippen LogP contribution in [0.4, 0.5) is 0 Å². The molecule has 0 aliphatic carbocycles. The van der Waals surface area contributed by atoms with Gasteiger partial charge in [-0.1, -0.05) is 30.3 Å². The van der Waals surface area contributed by atoms with Crippen LogP contribution in [-0.4, -0.2) is 99.4 Å². The summed E-state index contributed by atoms with van der Waals surface area (Å²) in [5.41, 5.74) is 1.96. The Morgan fingerprint density at radius 3 is 2.22 bits per heavy atom. The largest absolute Gasteiger partial charge is 0.508 e. The first kappa shape index (κ1) is 34.1. The first-order valence-electron chi connectivity index (χ1n) is 14.5. The Morgan fingerprint density at radius 2 is 1.58 bits per heavy atom. The van der Waals surface area contributed by atoms with E-state index in [9.17, 15) is 35.1 Å². The normalized spacial score (nSPS) is 27.4. The van der Waals surface area contributed by atoms with E-state index in [1.54, 1.807) is 49.4 Å². The molecule has 4 rings (SSSR count). The number of aromatic hydroxyl groups is 1. The third kappa shape index (κ3) is 8.67. The molecule has 7 atom stereocenters. The molecule has 2 aromatic carbocycles. The summed E-state index contributed by atoms with van der Waals surface area (Å²) in [6.45, 7) is 0.928. The Morgan fingerprint density at radius 1 is 0.911 bits per heavy atom. The molecule has 1 fully saturated rings. The fraction of sp³-hybridized carbons (Fsp3) is 0.438. The number of esters is 2. The summed E-state index contributed by atoms with van der Waals surface area (Å²) in [6, 6.07) is 13.0. The smallest absolute Gasteiger partial charge is 0.337 e. The predicted octanol–water partition coefficient (Wildman–Crippen LogP) is 0.628. The van der Waals surface area contributed by atoms with Crippen molar-refractivity contribution >= 4 is 11.9 Å². The number of hydrogen-bond acceptors (Lipinski definition) is 13. The lowest BCUT2D eigenvalue weighted by molar-refractivity contribution is -0.327. The van der Waals surface area contributed by atoms with Gasteiger partial charge < -0.3 is 54.3 Å². The standard InChI is InChI=1S/C32H38O13/c1-2-22-23(15-26(36)43-21-9-5-18(6-10-21)11-13-33)24(30(40)41-14-12-19-3-7-20(35)8-4-19)17-42-31(22)45-32-29(39)28(38)27(37)25(16-34)44-32/h2-10,17,23,25,27-29,31-35,37-39H,11-16H2,1H3/t23-,25-,27-,28+,29-,31+,32+/m1/s1. The molecular formula is C32H38O13. The van der Waals surface area contributed by atoms with E-state index in [-0.39, 0.29) is 42.3 Å². The van der Waals surface area contributed by atoms with E-state index >= 15 is 0 Å². The molecule has 0 amide bonds. The van der Waals surface area contributed by atoms with E-state index in [0.29, 0.717) is 12.8 Å². The number of phenols is 1. The minimum atomic E-state index is -1.71. The minimum absolute atomic E-state index is 0.00213. The molecule has 0 radical (unpaired) electrons. The Balaban J connectivity index is 1.52. The van der Waals surface area contributed by atoms with E-state index in [1.807, 2.05) is 0 Å². The van der Waals surface area contributed by atoms with Gasteiger partial charge in [0.2, 0.25) is 6.29 Å². The molecule has 0 unspecified atom stereocenters. The quantitative estimate of drug-likeness (QED) is 0.108. The molecule has 6 N–H and O–H groups in total. The summed E-state index contributed by atoms with van der Waals surface area (Å²) in [5, 5.41) is 58.9. The summed E-state index contributed by atoms with van der Waals surface area (Å²) in [4.78, 5) is 26.4. The summed E-state index contributed by atoms with van der Waals surface area (Å²) in [7, 11) is 0. The van der Waals surface area contributed by atoms with Crippen LogP contribution in [0.2, 0.25) is 0 Å². The number of hydrogen-bond donors (Lipinski definition) is 6. The van der Waals surface area contributed by atoms with Gasteiger partial charge in [-0.05, 0) is 48.7 Å². The van der Waals surface area contributed by atoms with Crippen molar-refractivity contribution in [2.24, 2.45) is 5.92 Å². The number of allylic oxidation sites excluding steroid dienone is 1. The molecule has 13 nitrogen and oxygen atoms in total. The maximum absolute atomic E-state index is 13.3. The number of rotatable bonds is 12. The summed E-state index contributed by atoms with van der Waals surface area (Å²) in [5.74, 6) is -2.04. The van der Waals surface area contributed by atoms with E-state index < -0.39 is 61.5 Å². The van der Waals surface area contributed by atoms with Crippen molar-refractivity contribution in [3.63, 3.8) is 0 Å². The minimum Gasteiger partial charge on any atom is -0.508 e. The Hall–Kier alpha value is -3.82. The van der Waals surface area contributed by atoms with Crippen molar-refractivity contribution in [1.82, 2.24) is 0 Å². The van der Waals surface area contributed by atoms with Crippen LogP contribution in [0.5, 0.6) is 11.5 Å². The summed E-state index contributed by atoms with van der Waals surface area (Å²) < 4.78 is 27.9. The molecule has 45 heavy (non-hydrogen) atoms. The highest BCUT2D eigenvalue weighted by Crippen LogP contribution is 2.36. The predicted molar refractivity (Wildman–Crippen MR) is 155 cm³/mol. The zero-order valence-corrected chi connectivity index (χ0v) is 24.6. The molecule has 13 heteroatoms. The number of carbonyl (C=O) groups is 2. The number of ether oxygens (including phenoxy) is 5. The van der Waals surface area contributed by atoms with Gasteiger partial charge in [0.15, 0.2) is 6.29 Å². The second-order valence-electron chi connectivity index (χ2n) is 10.6. The highest BCUT2D eigenvalue weighted by atomic mass is 16.8. The first-order chi connectivity index (χ1) is 21.6. The maximum atomic E-state index is 13.3. The van der Waals surface area contributed by atoms with Gasteiger partial charge in [-0.25, -0.2) is 4.79 Å². The second-order valence-corrected chi connectivity index (χ2v) is 10.6. The highest BCUT2D eigenvalue weighted by Gasteiger charge is 2.47. The van der Waals surface area contributed by atoms with Crippen molar-refractivity contribution in [3.05, 3.63) is 83.1 Å². The molecule has 0 bridgehead atoms. The topological polar surface area (TPSA) is 202 Å². The SMILES string of the molecule is CC=C1[C@H](O[C@@H]2O[C@H](CO)[C@@H](O)[C@H](O)[C@H]2O)OC=C(C(=O)OCCc2ccc(O)cc2)[C@@H]1CC(=O)Oc1ccc(CCO)cc1. The van der Waals surface area contributed by atoms with Crippen LogP contribution in [0.1, 0.15) is 24.5 Å². The lowest BCUT2D eigenvalue weighted by Gasteiger charge is -2.41. The van der Waals surface area contributed by atoms with Crippen molar-refractivity contribution in [1.29, 1.82) is 0 Å².